The van der Waals surface area contributed by atoms with Gasteiger partial charge in [-0.25, -0.2) is 13.2 Å². The quantitative estimate of drug-likeness (QED) is 0.477. The third-order valence-electron chi connectivity index (χ3n) is 7.66. The maximum absolute atomic E-state index is 14.9. The van der Waals surface area contributed by atoms with Crippen LogP contribution in [0.4, 0.5) is 24.7 Å². The molecule has 0 bridgehead atoms. The van der Waals surface area contributed by atoms with E-state index in [0.29, 0.717) is 37.3 Å². The molecule has 2 fully saturated rings. The first-order valence-electron chi connectivity index (χ1n) is 12.4. The lowest BCUT2D eigenvalue weighted by atomic mass is 9.75. The van der Waals surface area contributed by atoms with Gasteiger partial charge in [-0.05, 0) is 74.7 Å². The Morgan fingerprint density at radius 3 is 2.25 bits per heavy atom. The average Bonchev–Trinajstić information content (AvgIpc) is 3.30. The second kappa shape index (κ2) is 9.91. The SMILES string of the molecule is C[C@@H]1CC(C(=O)[C@@H]2CN(c3cccnn3)C[C@H]2c2ccc(F)cc2F)C[C@H](C)N1c1ccc(F)cc1. The molecule has 1 unspecified atom stereocenters. The Labute approximate surface area is 208 Å². The van der Waals surface area contributed by atoms with Crippen LogP contribution in [0.15, 0.2) is 60.8 Å². The molecular weight excluding hydrogens is 465 g/mol. The zero-order valence-corrected chi connectivity index (χ0v) is 20.3. The van der Waals surface area contributed by atoms with Crippen molar-refractivity contribution in [3.05, 3.63) is 83.8 Å². The number of nitrogens with zero attached hydrogens (tertiary/aromatic N) is 4. The topological polar surface area (TPSA) is 49.3 Å². The number of benzene rings is 2. The third kappa shape index (κ3) is 4.68. The van der Waals surface area contributed by atoms with Crippen molar-refractivity contribution in [2.75, 3.05) is 22.9 Å². The Kier molecular flexibility index (Phi) is 6.69. The second-order valence-corrected chi connectivity index (χ2v) is 10.0. The van der Waals surface area contributed by atoms with Crippen LogP contribution in [0.1, 0.15) is 38.2 Å². The van der Waals surface area contributed by atoms with Crippen molar-refractivity contribution in [2.45, 2.75) is 44.7 Å². The Hall–Kier alpha value is -3.42. The Balaban J connectivity index is 1.40. The Bertz CT molecular complexity index is 1210. The van der Waals surface area contributed by atoms with E-state index in [-0.39, 0.29) is 29.6 Å². The van der Waals surface area contributed by atoms with Crippen LogP contribution < -0.4 is 9.80 Å². The number of aromatic nitrogens is 2. The highest BCUT2D eigenvalue weighted by molar-refractivity contribution is 5.86. The van der Waals surface area contributed by atoms with E-state index in [4.69, 9.17) is 0 Å². The van der Waals surface area contributed by atoms with E-state index < -0.39 is 23.5 Å². The fourth-order valence-corrected chi connectivity index (χ4v) is 6.10. The van der Waals surface area contributed by atoms with Crippen LogP contribution in [0.25, 0.3) is 0 Å². The maximum atomic E-state index is 14.9. The fourth-order valence-electron chi connectivity index (χ4n) is 6.10. The van der Waals surface area contributed by atoms with Crippen molar-refractivity contribution in [1.29, 1.82) is 0 Å². The molecule has 0 aliphatic carbocycles. The summed E-state index contributed by atoms with van der Waals surface area (Å²) in [5, 5.41) is 8.13. The lowest BCUT2D eigenvalue weighted by molar-refractivity contribution is -0.127. The van der Waals surface area contributed by atoms with E-state index in [9.17, 15) is 18.0 Å². The Morgan fingerprint density at radius 1 is 0.917 bits per heavy atom. The van der Waals surface area contributed by atoms with E-state index in [1.165, 1.54) is 24.3 Å². The summed E-state index contributed by atoms with van der Waals surface area (Å²) in [5.41, 5.74) is 1.29. The molecule has 8 heteroatoms. The Morgan fingerprint density at radius 2 is 1.61 bits per heavy atom. The molecule has 0 spiro atoms. The predicted molar refractivity (Wildman–Crippen MR) is 132 cm³/mol. The van der Waals surface area contributed by atoms with Crippen LogP contribution in [0, 0.1) is 29.3 Å². The highest BCUT2D eigenvalue weighted by atomic mass is 19.1. The first kappa shape index (κ1) is 24.3. The molecule has 0 N–H and O–H groups in total. The second-order valence-electron chi connectivity index (χ2n) is 10.0. The first-order valence-corrected chi connectivity index (χ1v) is 12.4. The number of piperidine rings is 1. The molecule has 36 heavy (non-hydrogen) atoms. The molecule has 5 rings (SSSR count). The number of anilines is 2. The van der Waals surface area contributed by atoms with Gasteiger partial charge in [0.05, 0.1) is 0 Å². The standard InChI is InChI=1S/C28H29F3N4O/c1-17-12-19(13-18(2)35(17)22-8-5-20(29)6-9-22)28(36)25-16-34(27-4-3-11-32-33-27)15-24(25)23-10-7-21(30)14-26(23)31/h3-11,14,17-19,24-25H,12-13,15-16H2,1-2H3/t17-,18+,19?,24-,25+/m0/s1. The van der Waals surface area contributed by atoms with Gasteiger partial charge in [0.25, 0.3) is 0 Å². The lowest BCUT2D eigenvalue weighted by Gasteiger charge is -2.44. The van der Waals surface area contributed by atoms with Gasteiger partial charge in [0.1, 0.15) is 23.2 Å². The highest BCUT2D eigenvalue weighted by Gasteiger charge is 2.44. The molecule has 188 valence electrons. The normalized spacial score (nSPS) is 26.3. The monoisotopic (exact) mass is 494 g/mol. The smallest absolute Gasteiger partial charge is 0.151 e. The minimum atomic E-state index is -0.640. The number of Topliss-reactive ketones (excluding diaryl/α,β-unsaturated/α-hetero) is 1. The fraction of sp³-hybridized carbons (Fsp3) is 0.393. The predicted octanol–water partition coefficient (Wildman–Crippen LogP) is 5.38. The molecule has 0 amide bonds. The molecule has 5 nitrogen and oxygen atoms in total. The zero-order chi connectivity index (χ0) is 25.4. The van der Waals surface area contributed by atoms with Gasteiger partial charge >= 0.3 is 0 Å². The molecular formula is C28H29F3N4O. The van der Waals surface area contributed by atoms with Crippen LogP contribution in [-0.4, -0.2) is 41.2 Å². The van der Waals surface area contributed by atoms with Crippen molar-refractivity contribution in [1.82, 2.24) is 10.2 Å². The molecule has 3 aromatic rings. The summed E-state index contributed by atoms with van der Waals surface area (Å²) >= 11 is 0. The van der Waals surface area contributed by atoms with Gasteiger partial charge in [-0.2, -0.15) is 5.10 Å². The van der Waals surface area contributed by atoms with E-state index >= 15 is 0 Å². The van der Waals surface area contributed by atoms with Crippen molar-refractivity contribution in [3.63, 3.8) is 0 Å². The van der Waals surface area contributed by atoms with Gasteiger partial charge in [0.15, 0.2) is 5.82 Å². The summed E-state index contributed by atoms with van der Waals surface area (Å²) in [6.45, 7) is 4.96. The molecule has 3 heterocycles. The summed E-state index contributed by atoms with van der Waals surface area (Å²) in [4.78, 5) is 18.2. The molecule has 1 aromatic heterocycles. The van der Waals surface area contributed by atoms with Crippen LogP contribution in [0.5, 0.6) is 0 Å². The van der Waals surface area contributed by atoms with Gasteiger partial charge in [-0.1, -0.05) is 6.07 Å². The van der Waals surface area contributed by atoms with Crippen LogP contribution in [-0.2, 0) is 4.79 Å². The molecule has 5 atom stereocenters. The summed E-state index contributed by atoms with van der Waals surface area (Å²) in [6.07, 6.45) is 2.89. The number of hydrogen-bond acceptors (Lipinski definition) is 5. The van der Waals surface area contributed by atoms with Gasteiger partial charge in [-0.15, -0.1) is 5.10 Å². The molecule has 0 radical (unpaired) electrons. The molecule has 2 saturated heterocycles. The number of carbonyl (C=O) groups is 1. The largest absolute Gasteiger partial charge is 0.366 e. The van der Waals surface area contributed by atoms with E-state index in [1.54, 1.807) is 24.4 Å². The number of halogens is 3. The summed E-state index contributed by atoms with van der Waals surface area (Å²) in [7, 11) is 0. The minimum absolute atomic E-state index is 0.0756. The van der Waals surface area contributed by atoms with Crippen molar-refractivity contribution >= 4 is 17.3 Å². The lowest BCUT2D eigenvalue weighted by Crippen LogP contribution is -2.49. The molecule has 2 aliphatic heterocycles. The van der Waals surface area contributed by atoms with Crippen molar-refractivity contribution in [2.24, 2.45) is 11.8 Å². The average molecular weight is 495 g/mol. The minimum Gasteiger partial charge on any atom is -0.366 e. The summed E-state index contributed by atoms with van der Waals surface area (Å²) in [5.74, 6) is -1.87. The van der Waals surface area contributed by atoms with Crippen molar-refractivity contribution in [3.8, 4) is 0 Å². The summed E-state index contributed by atoms with van der Waals surface area (Å²) < 4.78 is 42.0. The molecule has 2 aliphatic rings. The number of hydrogen-bond donors (Lipinski definition) is 0. The van der Waals surface area contributed by atoms with Crippen LogP contribution in [0.3, 0.4) is 0 Å². The maximum Gasteiger partial charge on any atom is 0.151 e. The van der Waals surface area contributed by atoms with Crippen molar-refractivity contribution < 1.29 is 18.0 Å². The van der Waals surface area contributed by atoms with Gasteiger partial charge in [-0.3, -0.25) is 4.79 Å². The highest BCUT2D eigenvalue weighted by Crippen LogP contribution is 2.41. The first-order chi connectivity index (χ1) is 17.3. The molecule has 0 saturated carbocycles. The van der Waals surface area contributed by atoms with Gasteiger partial charge < -0.3 is 9.80 Å². The molecule has 2 aromatic carbocycles. The number of carbonyl (C=O) groups excluding carboxylic acids is 1. The number of ketones is 1. The zero-order valence-electron chi connectivity index (χ0n) is 20.3. The number of rotatable bonds is 5. The van der Waals surface area contributed by atoms with Gasteiger partial charge in [0.2, 0.25) is 0 Å². The van der Waals surface area contributed by atoms with Crippen LogP contribution in [0.2, 0.25) is 0 Å². The van der Waals surface area contributed by atoms with E-state index in [2.05, 4.69) is 28.9 Å². The van der Waals surface area contributed by atoms with Gasteiger partial charge in [0, 0.05) is 60.9 Å². The van der Waals surface area contributed by atoms with E-state index in [0.717, 1.165) is 11.8 Å². The van der Waals surface area contributed by atoms with Crippen LogP contribution >= 0.6 is 0 Å². The third-order valence-corrected chi connectivity index (χ3v) is 7.66. The van der Waals surface area contributed by atoms with E-state index in [1.807, 2.05) is 11.0 Å². The summed E-state index contributed by atoms with van der Waals surface area (Å²) in [6, 6.07) is 13.8.